The van der Waals surface area contributed by atoms with Crippen molar-refractivity contribution in [2.24, 2.45) is 0 Å². The van der Waals surface area contributed by atoms with E-state index in [1.807, 2.05) is 0 Å². The number of alkyl halides is 6. The Morgan fingerprint density at radius 3 is 1.28 bits per heavy atom. The fourth-order valence-electron chi connectivity index (χ4n) is 1.21. The third kappa shape index (κ3) is 2.18. The van der Waals surface area contributed by atoms with Gasteiger partial charge in [0.2, 0.25) is 0 Å². The van der Waals surface area contributed by atoms with Gasteiger partial charge in [-0.25, -0.2) is 13.2 Å². The van der Waals surface area contributed by atoms with Crippen molar-refractivity contribution in [3.63, 3.8) is 0 Å². The van der Waals surface area contributed by atoms with Crippen molar-refractivity contribution in [2.75, 3.05) is 5.73 Å². The molecular weight excluding hydrogens is 281 g/mol. The lowest BCUT2D eigenvalue weighted by Gasteiger charge is -2.18. The number of halogens is 9. The Hall–Kier alpha value is -1.61. The molecule has 0 atom stereocenters. The number of hydrogen-bond acceptors (Lipinski definition) is 1. The van der Waals surface area contributed by atoms with Crippen LogP contribution in [0.25, 0.3) is 0 Å². The van der Waals surface area contributed by atoms with Gasteiger partial charge in [-0.05, 0) is 0 Å². The van der Waals surface area contributed by atoms with E-state index in [4.69, 9.17) is 0 Å². The molecule has 0 amide bonds. The number of nitrogen functional groups attached to an aromatic ring is 1. The van der Waals surface area contributed by atoms with Crippen LogP contribution in [0.4, 0.5) is 45.2 Å². The summed E-state index contributed by atoms with van der Waals surface area (Å²) in [6.45, 7) is 0. The van der Waals surface area contributed by atoms with Gasteiger partial charge in [-0.1, -0.05) is 0 Å². The number of rotatable bonds is 0. The maximum Gasteiger partial charge on any atom is 0.420 e. The van der Waals surface area contributed by atoms with Crippen LogP contribution in [0.5, 0.6) is 0 Å². The molecule has 1 rings (SSSR count). The molecule has 0 bridgehead atoms. The predicted molar refractivity (Wildman–Crippen MR) is 40.7 cm³/mol. The van der Waals surface area contributed by atoms with E-state index in [2.05, 4.69) is 5.73 Å². The van der Waals surface area contributed by atoms with Gasteiger partial charge in [0, 0.05) is 0 Å². The van der Waals surface area contributed by atoms with Gasteiger partial charge in [0.15, 0.2) is 17.5 Å². The van der Waals surface area contributed by atoms with Gasteiger partial charge in [-0.3, -0.25) is 0 Å². The molecule has 1 aromatic carbocycles. The van der Waals surface area contributed by atoms with E-state index in [1.165, 1.54) is 0 Å². The van der Waals surface area contributed by atoms with Crippen LogP contribution in [-0.2, 0) is 12.4 Å². The quantitative estimate of drug-likeness (QED) is 0.438. The maximum absolute atomic E-state index is 13.0. The lowest BCUT2D eigenvalue weighted by Crippen LogP contribution is -2.23. The fourth-order valence-corrected chi connectivity index (χ4v) is 1.21. The number of anilines is 1. The highest BCUT2D eigenvalue weighted by Crippen LogP contribution is 2.45. The fraction of sp³-hybridized carbons (Fsp3) is 0.250. The monoisotopic (exact) mass is 283 g/mol. The van der Waals surface area contributed by atoms with E-state index in [0.717, 1.165) is 0 Å². The van der Waals surface area contributed by atoms with Gasteiger partial charge < -0.3 is 5.73 Å². The van der Waals surface area contributed by atoms with Gasteiger partial charge >= 0.3 is 12.4 Å². The molecule has 0 unspecified atom stereocenters. The third-order valence-electron chi connectivity index (χ3n) is 1.92. The number of hydrogen-bond donors (Lipinski definition) is 1. The first-order valence-electron chi connectivity index (χ1n) is 3.99. The number of nitrogens with two attached hydrogens (primary N) is 1. The van der Waals surface area contributed by atoms with Crippen LogP contribution in [0.1, 0.15) is 11.1 Å². The van der Waals surface area contributed by atoms with Crippen LogP contribution in [0.2, 0.25) is 0 Å². The van der Waals surface area contributed by atoms with E-state index < -0.39 is 46.6 Å². The summed E-state index contributed by atoms with van der Waals surface area (Å²) in [5, 5.41) is 0. The SMILES string of the molecule is Nc1c(F)c(F)c(C(F)(F)F)c(C(F)(F)F)c1F. The van der Waals surface area contributed by atoms with Gasteiger partial charge in [0.25, 0.3) is 0 Å². The second kappa shape index (κ2) is 3.95. The zero-order chi connectivity index (χ0) is 14.5. The Balaban J connectivity index is 3.89. The molecule has 0 aromatic heterocycles. The van der Waals surface area contributed by atoms with E-state index in [-0.39, 0.29) is 0 Å². The molecule has 102 valence electrons. The average Bonchev–Trinajstić information content (AvgIpc) is 2.16. The van der Waals surface area contributed by atoms with Crippen molar-refractivity contribution in [3.8, 4) is 0 Å². The average molecular weight is 283 g/mol. The van der Waals surface area contributed by atoms with Crippen LogP contribution in [0.3, 0.4) is 0 Å². The number of benzene rings is 1. The molecule has 0 aliphatic heterocycles. The Labute approximate surface area is 93.0 Å². The van der Waals surface area contributed by atoms with Gasteiger partial charge in [0.05, 0.1) is 0 Å². The second-order valence-electron chi connectivity index (χ2n) is 3.10. The van der Waals surface area contributed by atoms with Crippen molar-refractivity contribution in [2.45, 2.75) is 12.4 Å². The normalized spacial score (nSPS) is 12.9. The van der Waals surface area contributed by atoms with E-state index in [0.29, 0.717) is 0 Å². The lowest BCUT2D eigenvalue weighted by molar-refractivity contribution is -0.165. The summed E-state index contributed by atoms with van der Waals surface area (Å²) in [7, 11) is 0. The predicted octanol–water partition coefficient (Wildman–Crippen LogP) is 3.72. The molecule has 0 saturated heterocycles. The Kier molecular flexibility index (Phi) is 3.17. The molecule has 0 spiro atoms. The van der Waals surface area contributed by atoms with Gasteiger partial charge in [-0.2, -0.15) is 26.3 Å². The van der Waals surface area contributed by atoms with Crippen LogP contribution < -0.4 is 5.73 Å². The Morgan fingerprint density at radius 2 is 0.944 bits per heavy atom. The zero-order valence-electron chi connectivity index (χ0n) is 7.98. The van der Waals surface area contributed by atoms with E-state index in [9.17, 15) is 39.5 Å². The Morgan fingerprint density at radius 1 is 0.611 bits per heavy atom. The van der Waals surface area contributed by atoms with Crippen LogP contribution in [-0.4, -0.2) is 0 Å². The molecule has 0 saturated carbocycles. The molecule has 1 aromatic rings. The molecule has 2 N–H and O–H groups in total. The van der Waals surface area contributed by atoms with Crippen molar-refractivity contribution in [1.29, 1.82) is 0 Å². The molecule has 1 nitrogen and oxygen atoms in total. The van der Waals surface area contributed by atoms with Crippen LogP contribution in [0.15, 0.2) is 0 Å². The minimum atomic E-state index is -5.93. The Bertz CT molecular complexity index is 440. The standard InChI is InChI=1S/C8H2F9N/c9-3-1(7(12,13)14)2(8(15,16)17)4(10)6(18)5(3)11/h18H2. The van der Waals surface area contributed by atoms with Crippen molar-refractivity contribution < 1.29 is 39.5 Å². The molecule has 18 heavy (non-hydrogen) atoms. The first-order chi connectivity index (χ1) is 7.89. The van der Waals surface area contributed by atoms with Gasteiger partial charge in [0.1, 0.15) is 16.8 Å². The summed E-state index contributed by atoms with van der Waals surface area (Å²) in [5.74, 6) is -8.12. The molecule has 0 heterocycles. The van der Waals surface area contributed by atoms with Crippen LogP contribution >= 0.6 is 0 Å². The molecule has 10 heteroatoms. The summed E-state index contributed by atoms with van der Waals surface area (Å²) in [5.41, 5.74) is -3.58. The summed E-state index contributed by atoms with van der Waals surface area (Å²) >= 11 is 0. The van der Waals surface area contributed by atoms with Crippen molar-refractivity contribution >= 4 is 5.69 Å². The van der Waals surface area contributed by atoms with E-state index in [1.54, 1.807) is 0 Å². The zero-order valence-corrected chi connectivity index (χ0v) is 7.98. The maximum atomic E-state index is 13.0. The smallest absolute Gasteiger partial charge is 0.394 e. The third-order valence-corrected chi connectivity index (χ3v) is 1.92. The van der Waals surface area contributed by atoms with Crippen molar-refractivity contribution in [3.05, 3.63) is 28.6 Å². The second-order valence-corrected chi connectivity index (χ2v) is 3.10. The highest BCUT2D eigenvalue weighted by Gasteiger charge is 2.49. The highest BCUT2D eigenvalue weighted by atomic mass is 19.4. The molecule has 0 aliphatic carbocycles. The first-order valence-corrected chi connectivity index (χ1v) is 3.99. The summed E-state index contributed by atoms with van der Waals surface area (Å²) in [4.78, 5) is 0. The molecule has 0 fully saturated rings. The first kappa shape index (κ1) is 14.5. The summed E-state index contributed by atoms with van der Waals surface area (Å²) in [6, 6.07) is 0. The highest BCUT2D eigenvalue weighted by molar-refractivity contribution is 5.51. The van der Waals surface area contributed by atoms with Crippen LogP contribution in [0, 0.1) is 17.5 Å². The molecule has 0 aliphatic rings. The van der Waals surface area contributed by atoms with E-state index >= 15 is 0 Å². The molecular formula is C8H2F9N. The summed E-state index contributed by atoms with van der Waals surface area (Å²) < 4.78 is 112. The summed E-state index contributed by atoms with van der Waals surface area (Å²) in [6.07, 6.45) is -11.8. The molecule has 0 radical (unpaired) electrons. The minimum absolute atomic E-state index is 1.96. The minimum Gasteiger partial charge on any atom is -0.394 e. The van der Waals surface area contributed by atoms with Crippen molar-refractivity contribution in [1.82, 2.24) is 0 Å². The lowest BCUT2D eigenvalue weighted by atomic mass is 10.0. The largest absolute Gasteiger partial charge is 0.420 e. The van der Waals surface area contributed by atoms with Gasteiger partial charge in [-0.15, -0.1) is 0 Å². The topological polar surface area (TPSA) is 26.0 Å².